The van der Waals surface area contributed by atoms with Crippen molar-refractivity contribution in [3.63, 3.8) is 0 Å². The smallest absolute Gasteiger partial charge is 0.130 e. The molecule has 0 saturated heterocycles. The average molecular weight is 733 g/mol. The molecular formula is C48H36N4O4. The Morgan fingerprint density at radius 3 is 0.893 bits per heavy atom. The van der Waals surface area contributed by atoms with Crippen LogP contribution in [0.3, 0.4) is 0 Å². The Hall–Kier alpha value is -7.32. The van der Waals surface area contributed by atoms with Crippen molar-refractivity contribution in [2.24, 2.45) is 20.0 Å². The fourth-order valence-electron chi connectivity index (χ4n) is 7.60. The molecular weight excluding hydrogens is 697 g/mol. The Kier molecular flexibility index (Phi) is 8.91. The molecule has 56 heavy (non-hydrogen) atoms. The number of ether oxygens (including phenoxy) is 4. The molecule has 5 aliphatic rings. The van der Waals surface area contributed by atoms with Crippen LogP contribution in [-0.4, -0.2) is 51.3 Å². The lowest BCUT2D eigenvalue weighted by atomic mass is 9.96. The highest BCUT2D eigenvalue weighted by Gasteiger charge is 2.31. The van der Waals surface area contributed by atoms with Gasteiger partial charge in [0.15, 0.2) is 0 Å². The summed E-state index contributed by atoms with van der Waals surface area (Å²) >= 11 is 0. The number of fused-ring (bicyclic) bond motifs is 4. The summed E-state index contributed by atoms with van der Waals surface area (Å²) in [5.41, 5.74) is 12.6. The summed E-state index contributed by atoms with van der Waals surface area (Å²) in [7, 11) is 6.64. The zero-order chi connectivity index (χ0) is 38.2. The van der Waals surface area contributed by atoms with Crippen molar-refractivity contribution >= 4 is 45.1 Å². The van der Waals surface area contributed by atoms with Crippen LogP contribution in [-0.2, 0) is 0 Å². The fourth-order valence-corrected chi connectivity index (χ4v) is 7.60. The van der Waals surface area contributed by atoms with Gasteiger partial charge in [-0.25, -0.2) is 20.0 Å². The minimum absolute atomic E-state index is 0.641. The number of benzene rings is 4. The quantitative estimate of drug-likeness (QED) is 0.181. The van der Waals surface area contributed by atoms with Crippen molar-refractivity contribution in [3.05, 3.63) is 191 Å². The summed E-state index contributed by atoms with van der Waals surface area (Å²) < 4.78 is 23.9. The maximum atomic E-state index is 5.97. The van der Waals surface area contributed by atoms with E-state index in [1.807, 2.05) is 121 Å². The first-order chi connectivity index (χ1) is 27.6. The van der Waals surface area contributed by atoms with Gasteiger partial charge in [-0.3, -0.25) is 0 Å². The number of rotatable bonds is 8. The molecule has 0 atom stereocenters. The van der Waals surface area contributed by atoms with Gasteiger partial charge in [0.2, 0.25) is 0 Å². The zero-order valence-corrected chi connectivity index (χ0v) is 31.3. The summed E-state index contributed by atoms with van der Waals surface area (Å²) in [4.78, 5) is 21.5. The molecule has 4 aromatic rings. The number of allylic oxidation sites excluding steroid dienone is 12. The third-order valence-corrected chi connectivity index (χ3v) is 10.1. The maximum Gasteiger partial charge on any atom is 0.130 e. The molecule has 272 valence electrons. The fraction of sp³-hybridized carbons (Fsp3) is 0.0833. The second-order valence-electron chi connectivity index (χ2n) is 13.2. The Morgan fingerprint density at radius 1 is 0.304 bits per heavy atom. The van der Waals surface area contributed by atoms with Crippen molar-refractivity contribution in [1.82, 2.24) is 0 Å². The summed E-state index contributed by atoms with van der Waals surface area (Å²) in [6.45, 7) is 0. The molecule has 0 spiro atoms. The summed E-state index contributed by atoms with van der Waals surface area (Å²) in [6, 6.07) is 32.0. The number of aliphatic imine (C=N–C) groups is 4. The predicted molar refractivity (Wildman–Crippen MR) is 226 cm³/mol. The molecule has 4 aromatic carbocycles. The first-order valence-corrected chi connectivity index (χ1v) is 18.2. The van der Waals surface area contributed by atoms with Crippen LogP contribution in [0.2, 0.25) is 0 Å². The van der Waals surface area contributed by atoms with Gasteiger partial charge >= 0.3 is 0 Å². The van der Waals surface area contributed by atoms with Gasteiger partial charge < -0.3 is 18.9 Å². The zero-order valence-electron chi connectivity index (χ0n) is 31.3. The molecule has 5 heterocycles. The normalized spacial score (nSPS) is 16.8. The lowest BCUT2D eigenvalue weighted by Gasteiger charge is -2.17. The van der Waals surface area contributed by atoms with E-state index in [-0.39, 0.29) is 0 Å². The second-order valence-corrected chi connectivity index (χ2v) is 13.2. The molecule has 8 heteroatoms. The van der Waals surface area contributed by atoms with Gasteiger partial charge in [0.1, 0.15) is 23.0 Å². The van der Waals surface area contributed by atoms with Crippen LogP contribution >= 0.6 is 0 Å². The highest BCUT2D eigenvalue weighted by atomic mass is 16.5. The first kappa shape index (κ1) is 34.4. The maximum absolute atomic E-state index is 5.97. The second kappa shape index (κ2) is 14.5. The van der Waals surface area contributed by atoms with Gasteiger partial charge in [-0.2, -0.15) is 0 Å². The molecule has 0 amide bonds. The molecule has 0 radical (unpaired) electrons. The van der Waals surface area contributed by atoms with Gasteiger partial charge in [0.05, 0.1) is 85.2 Å². The lowest BCUT2D eigenvalue weighted by Crippen LogP contribution is -2.06. The van der Waals surface area contributed by atoms with Crippen molar-refractivity contribution < 1.29 is 18.9 Å². The van der Waals surface area contributed by atoms with E-state index in [1.165, 1.54) is 0 Å². The van der Waals surface area contributed by atoms with Gasteiger partial charge in [-0.05, 0) is 84.0 Å². The van der Waals surface area contributed by atoms with E-state index >= 15 is 0 Å². The molecule has 0 N–H and O–H groups in total. The van der Waals surface area contributed by atoms with Crippen LogP contribution in [0.25, 0.3) is 22.3 Å². The highest BCUT2D eigenvalue weighted by Crippen LogP contribution is 2.44. The Balaban J connectivity index is 1.41. The van der Waals surface area contributed by atoms with E-state index in [0.29, 0.717) is 45.8 Å². The van der Waals surface area contributed by atoms with Crippen molar-refractivity contribution in [3.8, 4) is 23.0 Å². The molecule has 0 saturated carbocycles. The van der Waals surface area contributed by atoms with Crippen LogP contribution in [0.5, 0.6) is 23.0 Å². The lowest BCUT2D eigenvalue weighted by molar-refractivity contribution is 0.392. The minimum atomic E-state index is 0.641. The van der Waals surface area contributed by atoms with Crippen molar-refractivity contribution in [2.45, 2.75) is 0 Å². The SMILES string of the molecule is COc1cccc(OC)c1C1=C2C=CC(=N2)C(c2ccccc2)=C2C=CC(=N2)C(c2c(OC)cccc2OC)=C2C=CC(=N2)C(c2ccccc2)=C2C=CC1=N2. The molecule has 0 aromatic heterocycles. The van der Waals surface area contributed by atoms with Crippen LogP contribution in [0, 0.1) is 0 Å². The van der Waals surface area contributed by atoms with Crippen molar-refractivity contribution in [1.29, 1.82) is 0 Å². The molecule has 0 fully saturated rings. The van der Waals surface area contributed by atoms with E-state index < -0.39 is 0 Å². The van der Waals surface area contributed by atoms with E-state index in [4.69, 9.17) is 38.9 Å². The largest absolute Gasteiger partial charge is 0.496 e. The van der Waals surface area contributed by atoms with E-state index in [0.717, 1.165) is 67.4 Å². The average Bonchev–Trinajstić information content (AvgIpc) is 4.10. The molecule has 5 aliphatic heterocycles. The van der Waals surface area contributed by atoms with Crippen LogP contribution in [0.1, 0.15) is 22.3 Å². The van der Waals surface area contributed by atoms with Gasteiger partial charge in [0.25, 0.3) is 0 Å². The van der Waals surface area contributed by atoms with E-state index in [9.17, 15) is 0 Å². The molecule has 8 bridgehead atoms. The number of nitrogens with zero attached hydrogens (tertiary/aromatic N) is 4. The molecule has 8 nitrogen and oxygen atoms in total. The summed E-state index contributed by atoms with van der Waals surface area (Å²) in [5.74, 6) is 2.56. The molecule has 0 aliphatic carbocycles. The Labute approximate surface area is 325 Å². The highest BCUT2D eigenvalue weighted by molar-refractivity contribution is 6.40. The Morgan fingerprint density at radius 2 is 0.589 bits per heavy atom. The minimum Gasteiger partial charge on any atom is -0.496 e. The topological polar surface area (TPSA) is 86.4 Å². The number of hydrogen-bond donors (Lipinski definition) is 0. The predicted octanol–water partition coefficient (Wildman–Crippen LogP) is 9.72. The van der Waals surface area contributed by atoms with Gasteiger partial charge in [-0.15, -0.1) is 0 Å². The summed E-state index contributed by atoms with van der Waals surface area (Å²) in [5, 5.41) is 0. The standard InChI is InChI=1S/C48H36N4O4/c1-53-39-17-11-18-40(54-2)47(39)45-35-25-21-31(49-35)43(29-13-7-5-8-14-29)33-23-27-37(51-33)46(48-41(55-3)19-12-20-42(48)56-4)38-28-24-34(52-38)44(30-15-9-6-10-16-30)32-22-26-36(45)50-32/h5-28H,1-4H3. The third kappa shape index (κ3) is 5.88. The van der Waals surface area contributed by atoms with Crippen LogP contribution in [0.15, 0.2) is 188 Å². The first-order valence-electron chi connectivity index (χ1n) is 18.2. The van der Waals surface area contributed by atoms with Gasteiger partial charge in [-0.1, -0.05) is 72.8 Å². The van der Waals surface area contributed by atoms with Crippen LogP contribution in [0.4, 0.5) is 0 Å². The molecule has 9 rings (SSSR count). The van der Waals surface area contributed by atoms with Gasteiger partial charge in [0, 0.05) is 22.3 Å². The number of methoxy groups -OCH3 is 4. The monoisotopic (exact) mass is 732 g/mol. The third-order valence-electron chi connectivity index (χ3n) is 10.1. The summed E-state index contributed by atoms with van der Waals surface area (Å²) in [6.07, 6.45) is 16.3. The van der Waals surface area contributed by atoms with Crippen LogP contribution < -0.4 is 18.9 Å². The van der Waals surface area contributed by atoms with E-state index in [2.05, 4.69) is 24.3 Å². The van der Waals surface area contributed by atoms with Crippen molar-refractivity contribution in [2.75, 3.05) is 28.4 Å². The van der Waals surface area contributed by atoms with E-state index in [1.54, 1.807) is 28.4 Å². The molecule has 0 unspecified atom stereocenters. The Bertz CT molecular complexity index is 2470. The number of hydrogen-bond acceptors (Lipinski definition) is 8.